The van der Waals surface area contributed by atoms with E-state index in [0.717, 1.165) is 28.0 Å². The van der Waals surface area contributed by atoms with Gasteiger partial charge in [-0.1, -0.05) is 53.7 Å². The van der Waals surface area contributed by atoms with Crippen molar-refractivity contribution >= 4 is 31.8 Å². The third-order valence-corrected chi connectivity index (χ3v) is 7.05. The van der Waals surface area contributed by atoms with Gasteiger partial charge in [-0.05, 0) is 69.4 Å². The van der Waals surface area contributed by atoms with Gasteiger partial charge in [-0.15, -0.1) is 0 Å². The Morgan fingerprint density at radius 3 is 2.35 bits per heavy atom. The average Bonchev–Trinajstić information content (AvgIpc) is 3.11. The van der Waals surface area contributed by atoms with E-state index in [1.165, 1.54) is 0 Å². The van der Waals surface area contributed by atoms with Crippen molar-refractivity contribution in [2.75, 3.05) is 11.8 Å². The minimum absolute atomic E-state index is 0.0376. The number of methoxy groups -OCH3 is 1. The maximum absolute atomic E-state index is 13.1. The van der Waals surface area contributed by atoms with Gasteiger partial charge >= 0.3 is 0 Å². The van der Waals surface area contributed by atoms with E-state index in [4.69, 9.17) is 9.26 Å². The van der Waals surface area contributed by atoms with Crippen molar-refractivity contribution in [2.24, 2.45) is 0 Å². The second-order valence-electron chi connectivity index (χ2n) is 6.82. The van der Waals surface area contributed by atoms with Crippen LogP contribution in [-0.4, -0.2) is 20.7 Å². The molecule has 0 aliphatic heterocycles. The normalized spacial score (nSPS) is 11.3. The van der Waals surface area contributed by atoms with Gasteiger partial charge in [0.2, 0.25) is 0 Å². The van der Waals surface area contributed by atoms with Crippen LogP contribution >= 0.6 is 15.9 Å². The molecule has 0 atom stereocenters. The summed E-state index contributed by atoms with van der Waals surface area (Å²) in [5, 5.41) is 3.77. The molecule has 0 aliphatic rings. The molecular formula is C23H19BrN2O4S. The Labute approximate surface area is 189 Å². The molecule has 0 amide bonds. The number of benzene rings is 3. The number of ether oxygens (including phenoxy) is 1. The first-order valence-electron chi connectivity index (χ1n) is 9.37. The lowest BCUT2D eigenvalue weighted by Gasteiger charge is -2.14. The fraction of sp³-hybridized carbons (Fsp3) is 0.0870. The number of sulfonamides is 1. The number of aryl methyl sites for hydroxylation is 1. The van der Waals surface area contributed by atoms with Crippen LogP contribution in [0.25, 0.3) is 22.3 Å². The smallest absolute Gasteiger partial charge is 0.264 e. The fourth-order valence-electron chi connectivity index (χ4n) is 3.19. The van der Waals surface area contributed by atoms with Crippen molar-refractivity contribution in [3.05, 3.63) is 83.0 Å². The van der Waals surface area contributed by atoms with Crippen LogP contribution in [0.15, 0.2) is 86.7 Å². The summed E-state index contributed by atoms with van der Waals surface area (Å²) in [4.78, 5) is 0.110. The number of nitrogens with zero attached hydrogens (tertiary/aromatic N) is 1. The van der Waals surface area contributed by atoms with Crippen LogP contribution in [0.2, 0.25) is 0 Å². The topological polar surface area (TPSA) is 81.4 Å². The molecule has 4 aromatic rings. The number of anilines is 1. The van der Waals surface area contributed by atoms with Crippen molar-refractivity contribution in [2.45, 2.75) is 11.8 Å². The van der Waals surface area contributed by atoms with Gasteiger partial charge in [-0.3, -0.25) is 0 Å². The summed E-state index contributed by atoms with van der Waals surface area (Å²) >= 11 is 3.29. The monoisotopic (exact) mass is 498 g/mol. The van der Waals surface area contributed by atoms with E-state index in [2.05, 4.69) is 25.8 Å². The van der Waals surface area contributed by atoms with Crippen molar-refractivity contribution in [1.82, 2.24) is 5.16 Å². The van der Waals surface area contributed by atoms with E-state index >= 15 is 0 Å². The number of nitrogens with one attached hydrogen (secondary N) is 1. The van der Waals surface area contributed by atoms with Crippen molar-refractivity contribution < 1.29 is 17.7 Å². The van der Waals surface area contributed by atoms with Crippen LogP contribution < -0.4 is 9.46 Å². The maximum atomic E-state index is 13.1. The molecule has 6 nitrogen and oxygen atoms in total. The molecule has 0 saturated carbocycles. The van der Waals surface area contributed by atoms with Crippen LogP contribution in [0.1, 0.15) is 5.69 Å². The standard InChI is InChI=1S/C23H19BrN2O4S/c1-15-22(24)23(30-25-15)26-31(27,28)19-11-12-20(17-9-6-10-18(13-17)29-2)21(14-19)16-7-4-3-5-8-16/h3-14,26H,1-2H3. The highest BCUT2D eigenvalue weighted by Crippen LogP contribution is 2.36. The molecule has 158 valence electrons. The van der Waals surface area contributed by atoms with E-state index < -0.39 is 10.0 Å². The third kappa shape index (κ3) is 4.35. The summed E-state index contributed by atoms with van der Waals surface area (Å²) in [5.41, 5.74) is 4.04. The molecule has 31 heavy (non-hydrogen) atoms. The zero-order valence-electron chi connectivity index (χ0n) is 16.8. The Morgan fingerprint density at radius 1 is 0.935 bits per heavy atom. The summed E-state index contributed by atoms with van der Waals surface area (Å²) in [7, 11) is -2.29. The number of hydrogen-bond donors (Lipinski definition) is 1. The lowest BCUT2D eigenvalue weighted by atomic mass is 9.94. The molecular weight excluding hydrogens is 480 g/mol. The Balaban J connectivity index is 1.83. The Hall–Kier alpha value is -3.10. The number of halogens is 1. The van der Waals surface area contributed by atoms with Crippen LogP contribution in [0.3, 0.4) is 0 Å². The summed E-state index contributed by atoms with van der Waals surface area (Å²) in [6.45, 7) is 1.71. The molecule has 3 aromatic carbocycles. The van der Waals surface area contributed by atoms with E-state index in [1.807, 2.05) is 54.6 Å². The Bertz CT molecular complexity index is 1330. The second-order valence-corrected chi connectivity index (χ2v) is 9.30. The molecule has 0 spiro atoms. The predicted molar refractivity (Wildman–Crippen MR) is 124 cm³/mol. The first-order chi connectivity index (χ1) is 14.9. The van der Waals surface area contributed by atoms with Crippen LogP contribution in [0, 0.1) is 6.92 Å². The van der Waals surface area contributed by atoms with Gasteiger partial charge in [0.05, 0.1) is 17.7 Å². The SMILES string of the molecule is COc1cccc(-c2ccc(S(=O)(=O)Nc3onc(C)c3Br)cc2-c2ccccc2)c1. The highest BCUT2D eigenvalue weighted by Gasteiger charge is 2.22. The molecule has 1 heterocycles. The highest BCUT2D eigenvalue weighted by molar-refractivity contribution is 9.10. The highest BCUT2D eigenvalue weighted by atomic mass is 79.9. The van der Waals surface area contributed by atoms with Gasteiger partial charge in [0.15, 0.2) is 0 Å². The number of hydrogen-bond acceptors (Lipinski definition) is 5. The van der Waals surface area contributed by atoms with Crippen molar-refractivity contribution in [3.8, 4) is 28.0 Å². The van der Waals surface area contributed by atoms with Gasteiger partial charge in [0.1, 0.15) is 10.2 Å². The maximum Gasteiger partial charge on any atom is 0.264 e. The minimum atomic E-state index is -3.90. The summed E-state index contributed by atoms with van der Waals surface area (Å²) in [5.74, 6) is 0.760. The third-order valence-electron chi connectivity index (χ3n) is 4.78. The molecule has 8 heteroatoms. The average molecular weight is 499 g/mol. The lowest BCUT2D eigenvalue weighted by molar-refractivity contribution is 0.415. The second kappa shape index (κ2) is 8.56. The quantitative estimate of drug-likeness (QED) is 0.358. The Morgan fingerprint density at radius 2 is 1.68 bits per heavy atom. The number of rotatable bonds is 6. The van der Waals surface area contributed by atoms with Gasteiger partial charge in [0.25, 0.3) is 15.9 Å². The van der Waals surface area contributed by atoms with Gasteiger partial charge in [-0.25, -0.2) is 13.1 Å². The van der Waals surface area contributed by atoms with Gasteiger partial charge in [0, 0.05) is 0 Å². The molecule has 0 saturated heterocycles. The molecule has 0 bridgehead atoms. The van der Waals surface area contributed by atoms with Gasteiger partial charge < -0.3 is 9.26 Å². The van der Waals surface area contributed by atoms with Crippen molar-refractivity contribution in [1.29, 1.82) is 0 Å². The molecule has 0 unspecified atom stereocenters. The van der Waals surface area contributed by atoms with E-state index in [1.54, 1.807) is 32.2 Å². The predicted octanol–water partition coefficient (Wildman–Crippen LogP) is 5.89. The molecule has 0 radical (unpaired) electrons. The van der Waals surface area contributed by atoms with E-state index in [0.29, 0.717) is 10.2 Å². The first kappa shape index (κ1) is 21.1. The van der Waals surface area contributed by atoms with Crippen LogP contribution in [-0.2, 0) is 10.0 Å². The van der Waals surface area contributed by atoms with Crippen LogP contribution in [0.5, 0.6) is 5.75 Å². The molecule has 4 rings (SSSR count). The molecule has 0 aliphatic carbocycles. The minimum Gasteiger partial charge on any atom is -0.497 e. The summed E-state index contributed by atoms with van der Waals surface area (Å²) < 4.78 is 39.5. The van der Waals surface area contributed by atoms with Crippen molar-refractivity contribution in [3.63, 3.8) is 0 Å². The Kier molecular flexibility index (Phi) is 5.84. The summed E-state index contributed by atoms with van der Waals surface area (Å²) in [6, 6.07) is 22.3. The first-order valence-corrected chi connectivity index (χ1v) is 11.6. The van der Waals surface area contributed by atoms with Crippen LogP contribution in [0.4, 0.5) is 5.88 Å². The largest absolute Gasteiger partial charge is 0.497 e. The lowest BCUT2D eigenvalue weighted by Crippen LogP contribution is -2.13. The molecule has 0 fully saturated rings. The zero-order chi connectivity index (χ0) is 22.0. The van der Waals surface area contributed by atoms with E-state index in [9.17, 15) is 8.42 Å². The zero-order valence-corrected chi connectivity index (χ0v) is 19.2. The molecule has 1 N–H and O–H groups in total. The number of aromatic nitrogens is 1. The molecule has 1 aromatic heterocycles. The fourth-order valence-corrected chi connectivity index (χ4v) is 4.59. The summed E-state index contributed by atoms with van der Waals surface area (Å²) in [6.07, 6.45) is 0. The van der Waals surface area contributed by atoms with Gasteiger partial charge in [-0.2, -0.15) is 0 Å². The van der Waals surface area contributed by atoms with E-state index in [-0.39, 0.29) is 10.8 Å².